The van der Waals surface area contributed by atoms with Crippen molar-refractivity contribution in [3.05, 3.63) is 23.7 Å². The van der Waals surface area contributed by atoms with E-state index >= 15 is 0 Å². The Kier molecular flexibility index (Phi) is 5.57. The highest BCUT2D eigenvalue weighted by molar-refractivity contribution is 5.91. The van der Waals surface area contributed by atoms with Crippen LogP contribution in [0.5, 0.6) is 0 Å². The van der Waals surface area contributed by atoms with Crippen LogP contribution >= 0.6 is 0 Å². The van der Waals surface area contributed by atoms with E-state index in [-0.39, 0.29) is 36.1 Å². The van der Waals surface area contributed by atoms with Crippen LogP contribution in [0.15, 0.2) is 16.5 Å². The molecule has 0 spiro atoms. The predicted molar refractivity (Wildman–Crippen MR) is 78.1 cm³/mol. The molecule has 7 heteroatoms. The summed E-state index contributed by atoms with van der Waals surface area (Å²) in [4.78, 5) is 23.5. The van der Waals surface area contributed by atoms with Gasteiger partial charge >= 0.3 is 0 Å². The van der Waals surface area contributed by atoms with Crippen LogP contribution in [-0.4, -0.2) is 43.3 Å². The highest BCUT2D eigenvalue weighted by atomic mass is 16.5. The maximum Gasteiger partial charge on any atom is 0.286 e. The average molecular weight is 310 g/mol. The fourth-order valence-corrected chi connectivity index (χ4v) is 2.64. The van der Waals surface area contributed by atoms with Crippen molar-refractivity contribution in [3.8, 4) is 0 Å². The number of aliphatic hydroxyl groups excluding tert-OH is 1. The molecule has 3 atom stereocenters. The van der Waals surface area contributed by atoms with Crippen LogP contribution in [0.1, 0.15) is 35.6 Å². The van der Waals surface area contributed by atoms with Crippen molar-refractivity contribution in [2.45, 2.75) is 38.0 Å². The number of hydrogen-bond donors (Lipinski definition) is 3. The van der Waals surface area contributed by atoms with E-state index in [1.807, 2.05) is 0 Å². The lowest BCUT2D eigenvalue weighted by Crippen LogP contribution is -2.41. The van der Waals surface area contributed by atoms with Gasteiger partial charge in [0.1, 0.15) is 5.76 Å². The second-order valence-corrected chi connectivity index (χ2v) is 5.41. The molecule has 0 aromatic carbocycles. The van der Waals surface area contributed by atoms with Crippen molar-refractivity contribution in [2.75, 3.05) is 14.2 Å². The first-order valence-electron chi connectivity index (χ1n) is 7.34. The van der Waals surface area contributed by atoms with Gasteiger partial charge in [-0.25, -0.2) is 0 Å². The van der Waals surface area contributed by atoms with Gasteiger partial charge in [0.25, 0.3) is 5.91 Å². The summed E-state index contributed by atoms with van der Waals surface area (Å²) in [6, 6.07) is 3.23. The number of hydrogen-bond acceptors (Lipinski definition) is 5. The van der Waals surface area contributed by atoms with Crippen LogP contribution in [0.2, 0.25) is 0 Å². The molecule has 0 radical (unpaired) electrons. The molecule has 1 aliphatic carbocycles. The zero-order valence-electron chi connectivity index (χ0n) is 12.8. The number of carbonyl (C=O) groups excluding carboxylic acids is 2. The lowest BCUT2D eigenvalue weighted by molar-refractivity contribution is -0.130. The summed E-state index contributed by atoms with van der Waals surface area (Å²) in [6.45, 7) is 0.229. The molecule has 2 amide bonds. The van der Waals surface area contributed by atoms with Crippen LogP contribution in [0.4, 0.5) is 0 Å². The third kappa shape index (κ3) is 3.86. The standard InChI is InChI=1S/C15H22N2O5/c1-16-15(20)12-6-4-10(22-12)8-17-14(19)9-3-5-11(18)13(7-9)21-2/h4,6,9,11,13,18H,3,5,7-8H2,1-2H3,(H,16,20)(H,17,19)/t9-,11+,13-/m1/s1. The quantitative estimate of drug-likeness (QED) is 0.732. The van der Waals surface area contributed by atoms with E-state index in [9.17, 15) is 14.7 Å². The summed E-state index contributed by atoms with van der Waals surface area (Å²) in [5, 5.41) is 15.0. The van der Waals surface area contributed by atoms with E-state index in [1.165, 1.54) is 14.2 Å². The van der Waals surface area contributed by atoms with E-state index in [0.717, 1.165) is 0 Å². The van der Waals surface area contributed by atoms with Crippen LogP contribution < -0.4 is 10.6 Å². The average Bonchev–Trinajstić information content (AvgIpc) is 3.01. The number of aliphatic hydroxyl groups is 1. The molecule has 1 aromatic heterocycles. The molecule has 1 fully saturated rings. The molecule has 0 unspecified atom stereocenters. The highest BCUT2D eigenvalue weighted by Gasteiger charge is 2.32. The fraction of sp³-hybridized carbons (Fsp3) is 0.600. The molecule has 1 aromatic rings. The number of carbonyl (C=O) groups is 2. The monoisotopic (exact) mass is 310 g/mol. The van der Waals surface area contributed by atoms with Gasteiger partial charge in [0.2, 0.25) is 5.91 Å². The zero-order valence-corrected chi connectivity index (χ0v) is 12.8. The topological polar surface area (TPSA) is 101 Å². The Balaban J connectivity index is 1.85. The Morgan fingerprint density at radius 2 is 2.18 bits per heavy atom. The molecule has 22 heavy (non-hydrogen) atoms. The van der Waals surface area contributed by atoms with E-state index in [4.69, 9.17) is 9.15 Å². The van der Waals surface area contributed by atoms with Crippen LogP contribution in [0.25, 0.3) is 0 Å². The van der Waals surface area contributed by atoms with E-state index in [2.05, 4.69) is 10.6 Å². The van der Waals surface area contributed by atoms with Gasteiger partial charge in [0.15, 0.2) is 5.76 Å². The first kappa shape index (κ1) is 16.5. The number of rotatable bonds is 5. The molecule has 1 heterocycles. The minimum atomic E-state index is -0.505. The molecule has 0 aliphatic heterocycles. The molecule has 3 N–H and O–H groups in total. The van der Waals surface area contributed by atoms with Gasteiger partial charge in [-0.1, -0.05) is 0 Å². The Hall–Kier alpha value is -1.86. The zero-order chi connectivity index (χ0) is 16.1. The molecular weight excluding hydrogens is 288 g/mol. The second-order valence-electron chi connectivity index (χ2n) is 5.41. The van der Waals surface area contributed by atoms with Crippen molar-refractivity contribution in [1.29, 1.82) is 0 Å². The van der Waals surface area contributed by atoms with Gasteiger partial charge in [-0.15, -0.1) is 0 Å². The van der Waals surface area contributed by atoms with Crippen LogP contribution in [0, 0.1) is 5.92 Å². The van der Waals surface area contributed by atoms with Gasteiger partial charge in [-0.3, -0.25) is 9.59 Å². The maximum absolute atomic E-state index is 12.2. The first-order chi connectivity index (χ1) is 10.5. The normalized spacial score (nSPS) is 24.8. The lowest BCUT2D eigenvalue weighted by atomic mass is 9.84. The molecule has 7 nitrogen and oxygen atoms in total. The summed E-state index contributed by atoms with van der Waals surface area (Å²) < 4.78 is 10.5. The second kappa shape index (κ2) is 7.42. The Morgan fingerprint density at radius 1 is 1.41 bits per heavy atom. The van der Waals surface area contributed by atoms with Gasteiger partial charge in [-0.2, -0.15) is 0 Å². The van der Waals surface area contributed by atoms with E-state index in [1.54, 1.807) is 12.1 Å². The van der Waals surface area contributed by atoms with Crippen molar-refractivity contribution in [3.63, 3.8) is 0 Å². The van der Waals surface area contributed by atoms with Crippen LogP contribution in [-0.2, 0) is 16.1 Å². The van der Waals surface area contributed by atoms with Gasteiger partial charge in [-0.05, 0) is 31.4 Å². The largest absolute Gasteiger partial charge is 0.454 e. The van der Waals surface area contributed by atoms with Crippen molar-refractivity contribution < 1.29 is 23.8 Å². The van der Waals surface area contributed by atoms with E-state index < -0.39 is 6.10 Å². The fourth-order valence-electron chi connectivity index (χ4n) is 2.64. The van der Waals surface area contributed by atoms with Crippen molar-refractivity contribution in [1.82, 2.24) is 10.6 Å². The smallest absolute Gasteiger partial charge is 0.286 e. The molecule has 1 saturated carbocycles. The highest BCUT2D eigenvalue weighted by Crippen LogP contribution is 2.26. The van der Waals surface area contributed by atoms with Gasteiger partial charge in [0, 0.05) is 20.1 Å². The SMILES string of the molecule is CNC(=O)c1ccc(CNC(=O)[C@@H]2CC[C@H](O)[C@H](OC)C2)o1. The summed E-state index contributed by atoms with van der Waals surface area (Å²) in [5.74, 6) is 0.161. The summed E-state index contributed by atoms with van der Waals surface area (Å²) in [7, 11) is 3.06. The van der Waals surface area contributed by atoms with Crippen molar-refractivity contribution in [2.24, 2.45) is 5.92 Å². The lowest BCUT2D eigenvalue weighted by Gasteiger charge is -2.31. The minimum absolute atomic E-state index is 0.0909. The molecule has 122 valence electrons. The molecule has 0 saturated heterocycles. The summed E-state index contributed by atoms with van der Waals surface area (Å²) >= 11 is 0. The third-order valence-electron chi connectivity index (χ3n) is 3.98. The number of methoxy groups -OCH3 is 1. The maximum atomic E-state index is 12.2. The molecule has 0 bridgehead atoms. The predicted octanol–water partition coefficient (Wildman–Crippen LogP) is 0.431. The first-order valence-corrected chi connectivity index (χ1v) is 7.34. The molecular formula is C15H22N2O5. The van der Waals surface area contributed by atoms with Crippen molar-refractivity contribution >= 4 is 11.8 Å². The van der Waals surface area contributed by atoms with Gasteiger partial charge < -0.3 is 24.9 Å². The Bertz CT molecular complexity index is 528. The van der Waals surface area contributed by atoms with E-state index in [0.29, 0.717) is 25.0 Å². The molecule has 1 aliphatic rings. The number of furan rings is 1. The minimum Gasteiger partial charge on any atom is -0.454 e. The Labute approximate surface area is 129 Å². The number of ether oxygens (including phenoxy) is 1. The summed E-state index contributed by atoms with van der Waals surface area (Å²) in [5.41, 5.74) is 0. The summed E-state index contributed by atoms with van der Waals surface area (Å²) in [6.07, 6.45) is 0.889. The van der Waals surface area contributed by atoms with Gasteiger partial charge in [0.05, 0.1) is 18.8 Å². The Morgan fingerprint density at radius 3 is 2.86 bits per heavy atom. The van der Waals surface area contributed by atoms with Crippen LogP contribution in [0.3, 0.4) is 0 Å². The number of amides is 2. The number of nitrogens with one attached hydrogen (secondary N) is 2. The molecule has 2 rings (SSSR count). The third-order valence-corrected chi connectivity index (χ3v) is 3.98.